The zero-order valence-electron chi connectivity index (χ0n) is 13.6. The topological polar surface area (TPSA) is 56.8 Å². The molecular weight excluding hydrogens is 294 g/mol. The molecule has 0 bridgehead atoms. The molecule has 5 heteroatoms. The summed E-state index contributed by atoms with van der Waals surface area (Å²) in [6.07, 6.45) is 0.930. The molecule has 0 aliphatic carbocycles. The molecule has 0 unspecified atom stereocenters. The molecule has 0 heterocycles. The molecule has 5 nitrogen and oxygen atoms in total. The fourth-order valence-corrected chi connectivity index (χ4v) is 2.07. The fraction of sp³-hybridized carbons (Fsp3) is 0.278. The Bertz CT molecular complexity index is 670. The second-order valence-corrected chi connectivity index (χ2v) is 4.90. The van der Waals surface area contributed by atoms with Gasteiger partial charge in [0.2, 0.25) is 0 Å². The molecule has 0 aliphatic rings. The molecule has 0 saturated carbocycles. The van der Waals surface area contributed by atoms with Crippen molar-refractivity contribution in [1.82, 2.24) is 0 Å². The highest BCUT2D eigenvalue weighted by Gasteiger charge is 2.13. The number of nitrogens with one attached hydrogen (secondary N) is 1. The van der Waals surface area contributed by atoms with Crippen molar-refractivity contribution in [1.29, 1.82) is 0 Å². The molecule has 23 heavy (non-hydrogen) atoms. The highest BCUT2D eigenvalue weighted by Crippen LogP contribution is 2.26. The Morgan fingerprint density at radius 2 is 1.87 bits per heavy atom. The van der Waals surface area contributed by atoms with E-state index in [1.165, 1.54) is 7.11 Å². The average molecular weight is 315 g/mol. The first-order chi connectivity index (χ1) is 11.2. The van der Waals surface area contributed by atoms with Crippen LogP contribution < -0.4 is 19.5 Å². The molecule has 2 aromatic carbocycles. The normalized spacial score (nSPS) is 10.0. The van der Waals surface area contributed by atoms with Crippen LogP contribution in [0.25, 0.3) is 0 Å². The van der Waals surface area contributed by atoms with E-state index in [9.17, 15) is 4.79 Å². The van der Waals surface area contributed by atoms with Crippen molar-refractivity contribution in [3.05, 3.63) is 48.0 Å². The Kier molecular flexibility index (Phi) is 5.86. The van der Waals surface area contributed by atoms with Gasteiger partial charge in [-0.05, 0) is 30.7 Å². The highest BCUT2D eigenvalue weighted by molar-refractivity contribution is 6.06. The molecule has 0 saturated heterocycles. The third kappa shape index (κ3) is 4.39. The van der Waals surface area contributed by atoms with Gasteiger partial charge in [0.15, 0.2) is 0 Å². The number of hydrogen-bond donors (Lipinski definition) is 1. The van der Waals surface area contributed by atoms with Gasteiger partial charge in [-0.3, -0.25) is 4.79 Å². The summed E-state index contributed by atoms with van der Waals surface area (Å²) in [6.45, 7) is 2.69. The lowest BCUT2D eigenvalue weighted by molar-refractivity contribution is 0.102. The van der Waals surface area contributed by atoms with Gasteiger partial charge in [0.25, 0.3) is 5.91 Å². The van der Waals surface area contributed by atoms with Crippen molar-refractivity contribution in [2.75, 3.05) is 26.1 Å². The minimum atomic E-state index is -0.253. The number of amides is 1. The van der Waals surface area contributed by atoms with Crippen LogP contribution in [0.2, 0.25) is 0 Å². The van der Waals surface area contributed by atoms with E-state index in [-0.39, 0.29) is 5.91 Å². The van der Waals surface area contributed by atoms with Crippen LogP contribution in [0.5, 0.6) is 17.2 Å². The summed E-state index contributed by atoms with van der Waals surface area (Å²) in [4.78, 5) is 12.4. The van der Waals surface area contributed by atoms with Crippen LogP contribution in [0.4, 0.5) is 5.69 Å². The van der Waals surface area contributed by atoms with Gasteiger partial charge in [-0.1, -0.05) is 13.0 Å². The van der Waals surface area contributed by atoms with E-state index >= 15 is 0 Å². The second-order valence-electron chi connectivity index (χ2n) is 4.90. The number of hydrogen-bond acceptors (Lipinski definition) is 4. The van der Waals surface area contributed by atoms with E-state index < -0.39 is 0 Å². The first-order valence-electron chi connectivity index (χ1n) is 7.44. The minimum Gasteiger partial charge on any atom is -0.497 e. The minimum absolute atomic E-state index is 0.253. The zero-order chi connectivity index (χ0) is 16.7. The smallest absolute Gasteiger partial charge is 0.259 e. The number of benzene rings is 2. The predicted octanol–water partition coefficient (Wildman–Crippen LogP) is 3.74. The van der Waals surface area contributed by atoms with Crippen LogP contribution in [0.15, 0.2) is 42.5 Å². The van der Waals surface area contributed by atoms with Crippen molar-refractivity contribution in [2.45, 2.75) is 13.3 Å². The Morgan fingerprint density at radius 3 is 2.57 bits per heavy atom. The molecule has 2 aromatic rings. The Labute approximate surface area is 136 Å². The fourth-order valence-electron chi connectivity index (χ4n) is 2.07. The Morgan fingerprint density at radius 1 is 1.04 bits per heavy atom. The standard InChI is InChI=1S/C18H21NO4/c1-4-10-23-15-7-5-6-13(11-15)19-18(20)16-9-8-14(21-2)12-17(16)22-3/h5-9,11-12H,4,10H2,1-3H3,(H,19,20). The number of anilines is 1. The molecule has 0 aliphatic heterocycles. The van der Waals surface area contributed by atoms with Crippen molar-refractivity contribution >= 4 is 11.6 Å². The third-order valence-electron chi connectivity index (χ3n) is 3.22. The third-order valence-corrected chi connectivity index (χ3v) is 3.22. The van der Waals surface area contributed by atoms with Crippen LogP contribution in [-0.4, -0.2) is 26.7 Å². The number of ether oxygens (including phenoxy) is 3. The van der Waals surface area contributed by atoms with Crippen molar-refractivity contribution in [3.63, 3.8) is 0 Å². The molecule has 0 spiro atoms. The maximum atomic E-state index is 12.4. The summed E-state index contributed by atoms with van der Waals surface area (Å²) in [5.74, 6) is 1.57. The monoisotopic (exact) mass is 315 g/mol. The van der Waals surface area contributed by atoms with Crippen molar-refractivity contribution < 1.29 is 19.0 Å². The molecule has 1 N–H and O–H groups in total. The highest BCUT2D eigenvalue weighted by atomic mass is 16.5. The quantitative estimate of drug-likeness (QED) is 0.845. The molecule has 2 rings (SSSR count). The maximum absolute atomic E-state index is 12.4. The Balaban J connectivity index is 2.15. The number of rotatable bonds is 7. The lowest BCUT2D eigenvalue weighted by Gasteiger charge is -2.12. The van der Waals surface area contributed by atoms with E-state index in [2.05, 4.69) is 5.32 Å². The van der Waals surface area contributed by atoms with Gasteiger partial charge in [-0.15, -0.1) is 0 Å². The summed E-state index contributed by atoms with van der Waals surface area (Å²) in [5, 5.41) is 2.85. The molecular formula is C18H21NO4. The number of carbonyl (C=O) groups is 1. The SMILES string of the molecule is CCCOc1cccc(NC(=O)c2ccc(OC)cc2OC)c1. The summed E-state index contributed by atoms with van der Waals surface area (Å²) >= 11 is 0. The van der Waals surface area contributed by atoms with E-state index in [4.69, 9.17) is 14.2 Å². The van der Waals surface area contributed by atoms with Gasteiger partial charge in [0, 0.05) is 17.8 Å². The molecule has 122 valence electrons. The van der Waals surface area contributed by atoms with Gasteiger partial charge < -0.3 is 19.5 Å². The first-order valence-corrected chi connectivity index (χ1v) is 7.44. The first kappa shape index (κ1) is 16.7. The lowest BCUT2D eigenvalue weighted by Crippen LogP contribution is -2.13. The number of carbonyl (C=O) groups excluding carboxylic acids is 1. The molecule has 0 fully saturated rings. The maximum Gasteiger partial charge on any atom is 0.259 e. The molecule has 0 aromatic heterocycles. The van der Waals surface area contributed by atoms with Gasteiger partial charge in [0.05, 0.1) is 26.4 Å². The summed E-state index contributed by atoms with van der Waals surface area (Å²) < 4.78 is 16.0. The molecule has 0 radical (unpaired) electrons. The van der Waals surface area contributed by atoms with E-state index in [1.54, 1.807) is 31.4 Å². The van der Waals surface area contributed by atoms with Crippen LogP contribution in [0, 0.1) is 0 Å². The van der Waals surface area contributed by atoms with Crippen LogP contribution >= 0.6 is 0 Å². The number of methoxy groups -OCH3 is 2. The summed E-state index contributed by atoms with van der Waals surface area (Å²) in [7, 11) is 3.08. The summed E-state index contributed by atoms with van der Waals surface area (Å²) in [5.41, 5.74) is 1.11. The predicted molar refractivity (Wildman–Crippen MR) is 89.7 cm³/mol. The van der Waals surface area contributed by atoms with Crippen molar-refractivity contribution in [3.8, 4) is 17.2 Å². The van der Waals surface area contributed by atoms with Crippen LogP contribution in [0.3, 0.4) is 0 Å². The van der Waals surface area contributed by atoms with Gasteiger partial charge in [0.1, 0.15) is 17.2 Å². The van der Waals surface area contributed by atoms with Crippen LogP contribution in [-0.2, 0) is 0 Å². The molecule has 0 atom stereocenters. The lowest BCUT2D eigenvalue weighted by atomic mass is 10.1. The largest absolute Gasteiger partial charge is 0.497 e. The molecule has 1 amide bonds. The second kappa shape index (κ2) is 8.08. The average Bonchev–Trinajstić information content (AvgIpc) is 2.59. The van der Waals surface area contributed by atoms with Gasteiger partial charge >= 0.3 is 0 Å². The van der Waals surface area contributed by atoms with E-state index in [0.717, 1.165) is 12.2 Å². The Hall–Kier alpha value is -2.69. The van der Waals surface area contributed by atoms with Crippen molar-refractivity contribution in [2.24, 2.45) is 0 Å². The van der Waals surface area contributed by atoms with Crippen LogP contribution in [0.1, 0.15) is 23.7 Å². The van der Waals surface area contributed by atoms with E-state index in [0.29, 0.717) is 29.4 Å². The van der Waals surface area contributed by atoms with E-state index in [1.807, 2.05) is 25.1 Å². The zero-order valence-corrected chi connectivity index (χ0v) is 13.6. The van der Waals surface area contributed by atoms with Gasteiger partial charge in [-0.25, -0.2) is 0 Å². The van der Waals surface area contributed by atoms with Gasteiger partial charge in [-0.2, -0.15) is 0 Å². The summed E-state index contributed by atoms with van der Waals surface area (Å²) in [6, 6.07) is 12.4.